The lowest BCUT2D eigenvalue weighted by molar-refractivity contribution is -0.127. The standard InChI is InChI=1S/C18H31N5O2/c1-6-18(3,4)21-16(24)14(2)22-10-7-11-23(13-12-22)17-19-9-8-15(20-17)25-5/h8-9,14H,6-7,10-13H2,1-5H3,(H,21,24)/t14-/m1/s1. The minimum absolute atomic E-state index is 0.0953. The fourth-order valence-corrected chi connectivity index (χ4v) is 2.82. The number of nitrogens with one attached hydrogen (secondary N) is 1. The highest BCUT2D eigenvalue weighted by atomic mass is 16.5. The van der Waals surface area contributed by atoms with Crippen LogP contribution in [0.25, 0.3) is 0 Å². The number of anilines is 1. The van der Waals surface area contributed by atoms with E-state index in [2.05, 4.69) is 45.9 Å². The first kappa shape index (κ1) is 19.4. The molecule has 1 aromatic heterocycles. The van der Waals surface area contributed by atoms with Crippen LogP contribution in [-0.2, 0) is 4.79 Å². The molecule has 1 N–H and O–H groups in total. The van der Waals surface area contributed by atoms with E-state index >= 15 is 0 Å². The highest BCUT2D eigenvalue weighted by Crippen LogP contribution is 2.16. The predicted octanol–water partition coefficient (Wildman–Crippen LogP) is 1.69. The van der Waals surface area contributed by atoms with Crippen molar-refractivity contribution >= 4 is 11.9 Å². The number of hydrogen-bond donors (Lipinski definition) is 1. The maximum Gasteiger partial charge on any atom is 0.237 e. The average molecular weight is 349 g/mol. The van der Waals surface area contributed by atoms with Gasteiger partial charge in [-0.15, -0.1) is 0 Å². The molecular formula is C18H31N5O2. The van der Waals surface area contributed by atoms with E-state index in [1.54, 1.807) is 19.4 Å². The molecule has 140 valence electrons. The van der Waals surface area contributed by atoms with Crippen LogP contribution < -0.4 is 15.0 Å². The first-order chi connectivity index (χ1) is 11.9. The van der Waals surface area contributed by atoms with Crippen LogP contribution in [0.4, 0.5) is 5.95 Å². The molecule has 1 amide bonds. The second kappa shape index (κ2) is 8.47. The molecule has 1 saturated heterocycles. The number of nitrogens with zero attached hydrogens (tertiary/aromatic N) is 4. The van der Waals surface area contributed by atoms with Gasteiger partial charge in [0.25, 0.3) is 0 Å². The molecule has 0 bridgehead atoms. The van der Waals surface area contributed by atoms with Gasteiger partial charge < -0.3 is 15.0 Å². The van der Waals surface area contributed by atoms with Crippen molar-refractivity contribution in [1.82, 2.24) is 20.2 Å². The number of carbonyl (C=O) groups is 1. The monoisotopic (exact) mass is 349 g/mol. The number of hydrogen-bond acceptors (Lipinski definition) is 6. The Morgan fingerprint density at radius 3 is 2.80 bits per heavy atom. The van der Waals surface area contributed by atoms with Crippen molar-refractivity contribution in [1.29, 1.82) is 0 Å². The zero-order valence-corrected chi connectivity index (χ0v) is 16.1. The number of methoxy groups -OCH3 is 1. The van der Waals surface area contributed by atoms with Crippen LogP contribution in [0.5, 0.6) is 5.88 Å². The summed E-state index contributed by atoms with van der Waals surface area (Å²) in [6.07, 6.45) is 3.59. The highest BCUT2D eigenvalue weighted by molar-refractivity contribution is 5.82. The summed E-state index contributed by atoms with van der Waals surface area (Å²) in [6, 6.07) is 1.60. The molecule has 1 atom stereocenters. The SMILES string of the molecule is CCC(C)(C)NC(=O)[C@@H](C)N1CCCN(c2nccc(OC)n2)CC1. The average Bonchev–Trinajstić information content (AvgIpc) is 2.87. The van der Waals surface area contributed by atoms with E-state index in [9.17, 15) is 4.79 Å². The number of amides is 1. The van der Waals surface area contributed by atoms with Crippen molar-refractivity contribution in [2.45, 2.75) is 52.1 Å². The van der Waals surface area contributed by atoms with E-state index in [0.717, 1.165) is 39.0 Å². The van der Waals surface area contributed by atoms with Gasteiger partial charge in [-0.2, -0.15) is 4.98 Å². The molecular weight excluding hydrogens is 318 g/mol. The Morgan fingerprint density at radius 2 is 2.12 bits per heavy atom. The van der Waals surface area contributed by atoms with Crippen LogP contribution in [0, 0.1) is 0 Å². The minimum Gasteiger partial charge on any atom is -0.481 e. The van der Waals surface area contributed by atoms with Crippen molar-refractivity contribution < 1.29 is 9.53 Å². The molecule has 1 aliphatic heterocycles. The van der Waals surface area contributed by atoms with E-state index in [4.69, 9.17) is 4.74 Å². The number of rotatable bonds is 6. The molecule has 2 heterocycles. The summed E-state index contributed by atoms with van der Waals surface area (Å²) in [5.41, 5.74) is -0.169. The molecule has 0 aromatic carbocycles. The Morgan fingerprint density at radius 1 is 1.36 bits per heavy atom. The summed E-state index contributed by atoms with van der Waals surface area (Å²) in [5, 5.41) is 3.15. The van der Waals surface area contributed by atoms with Gasteiger partial charge in [0.1, 0.15) is 0 Å². The third kappa shape index (κ3) is 5.29. The van der Waals surface area contributed by atoms with Gasteiger partial charge in [0.15, 0.2) is 0 Å². The van der Waals surface area contributed by atoms with Gasteiger partial charge in [-0.05, 0) is 33.6 Å². The number of ether oxygens (including phenoxy) is 1. The van der Waals surface area contributed by atoms with Crippen molar-refractivity contribution in [3.05, 3.63) is 12.3 Å². The lowest BCUT2D eigenvalue weighted by Gasteiger charge is -2.31. The minimum atomic E-state index is -0.169. The second-order valence-corrected chi connectivity index (χ2v) is 7.18. The molecule has 7 nitrogen and oxygen atoms in total. The zero-order chi connectivity index (χ0) is 18.4. The molecule has 0 aliphatic carbocycles. The Bertz CT molecular complexity index is 578. The molecule has 0 saturated carbocycles. The highest BCUT2D eigenvalue weighted by Gasteiger charge is 2.27. The van der Waals surface area contributed by atoms with E-state index < -0.39 is 0 Å². The molecule has 1 aliphatic rings. The fourth-order valence-electron chi connectivity index (χ4n) is 2.82. The van der Waals surface area contributed by atoms with Crippen molar-refractivity contribution in [2.75, 3.05) is 38.2 Å². The molecule has 0 spiro atoms. The molecule has 1 fully saturated rings. The number of carbonyl (C=O) groups excluding carboxylic acids is 1. The Balaban J connectivity index is 1.97. The van der Waals surface area contributed by atoms with Crippen molar-refractivity contribution in [3.63, 3.8) is 0 Å². The lowest BCUT2D eigenvalue weighted by atomic mass is 10.0. The van der Waals surface area contributed by atoms with Gasteiger partial charge >= 0.3 is 0 Å². The summed E-state index contributed by atoms with van der Waals surface area (Å²) in [4.78, 5) is 25.7. The Hall–Kier alpha value is -1.89. The number of aromatic nitrogens is 2. The summed E-state index contributed by atoms with van der Waals surface area (Å²) in [6.45, 7) is 11.6. The van der Waals surface area contributed by atoms with Gasteiger partial charge in [-0.3, -0.25) is 9.69 Å². The van der Waals surface area contributed by atoms with Crippen LogP contribution in [0.3, 0.4) is 0 Å². The van der Waals surface area contributed by atoms with Crippen LogP contribution >= 0.6 is 0 Å². The van der Waals surface area contributed by atoms with Crippen molar-refractivity contribution in [2.24, 2.45) is 0 Å². The van der Waals surface area contributed by atoms with Crippen LogP contribution in [0.15, 0.2) is 12.3 Å². The molecule has 0 unspecified atom stereocenters. The maximum atomic E-state index is 12.6. The second-order valence-electron chi connectivity index (χ2n) is 7.18. The third-order valence-electron chi connectivity index (χ3n) is 4.91. The van der Waals surface area contributed by atoms with Gasteiger partial charge in [0, 0.05) is 44.0 Å². The van der Waals surface area contributed by atoms with Crippen molar-refractivity contribution in [3.8, 4) is 5.88 Å². The van der Waals surface area contributed by atoms with Crippen LogP contribution in [-0.4, -0.2) is 65.6 Å². The van der Waals surface area contributed by atoms with Crippen LogP contribution in [0.1, 0.15) is 40.5 Å². The fraction of sp³-hybridized carbons (Fsp3) is 0.722. The molecule has 0 radical (unpaired) electrons. The predicted molar refractivity (Wildman–Crippen MR) is 99.0 cm³/mol. The normalized spacial score (nSPS) is 17.7. The molecule has 25 heavy (non-hydrogen) atoms. The summed E-state index contributed by atoms with van der Waals surface area (Å²) in [7, 11) is 1.61. The van der Waals surface area contributed by atoms with Gasteiger partial charge in [0.05, 0.1) is 13.2 Å². The lowest BCUT2D eigenvalue weighted by Crippen LogP contribution is -2.52. The quantitative estimate of drug-likeness (QED) is 0.843. The molecule has 1 aromatic rings. The van der Waals surface area contributed by atoms with E-state index in [0.29, 0.717) is 11.8 Å². The summed E-state index contributed by atoms with van der Waals surface area (Å²) >= 11 is 0. The summed E-state index contributed by atoms with van der Waals surface area (Å²) < 4.78 is 5.18. The third-order valence-corrected chi connectivity index (χ3v) is 4.91. The molecule has 2 rings (SSSR count). The molecule has 7 heteroatoms. The Kier molecular flexibility index (Phi) is 6.58. The first-order valence-electron chi connectivity index (χ1n) is 9.04. The van der Waals surface area contributed by atoms with E-state index in [1.807, 2.05) is 6.92 Å². The zero-order valence-electron chi connectivity index (χ0n) is 16.1. The Labute approximate surface area is 150 Å². The first-order valence-corrected chi connectivity index (χ1v) is 9.04. The summed E-state index contributed by atoms with van der Waals surface area (Å²) in [5.74, 6) is 1.35. The topological polar surface area (TPSA) is 70.6 Å². The maximum absolute atomic E-state index is 12.6. The van der Waals surface area contributed by atoms with E-state index in [-0.39, 0.29) is 17.5 Å². The van der Waals surface area contributed by atoms with Gasteiger partial charge in [-0.1, -0.05) is 6.92 Å². The van der Waals surface area contributed by atoms with Gasteiger partial charge in [-0.25, -0.2) is 4.98 Å². The van der Waals surface area contributed by atoms with E-state index in [1.165, 1.54) is 0 Å². The van der Waals surface area contributed by atoms with Gasteiger partial charge in [0.2, 0.25) is 17.7 Å². The van der Waals surface area contributed by atoms with Crippen LogP contribution in [0.2, 0.25) is 0 Å². The largest absolute Gasteiger partial charge is 0.481 e. The smallest absolute Gasteiger partial charge is 0.237 e.